The minimum absolute atomic E-state index is 0.0556. The largest absolute Gasteiger partial charge is 0.508 e. The van der Waals surface area contributed by atoms with Gasteiger partial charge in [-0.15, -0.1) is 0 Å². The highest BCUT2D eigenvalue weighted by Gasteiger charge is 2.44. The van der Waals surface area contributed by atoms with Crippen molar-refractivity contribution in [1.82, 2.24) is 5.32 Å². The van der Waals surface area contributed by atoms with Gasteiger partial charge < -0.3 is 26.0 Å². The summed E-state index contributed by atoms with van der Waals surface area (Å²) in [6, 6.07) is 5.46. The average molecular weight is 294 g/mol. The average Bonchev–Trinajstić information content (AvgIpc) is 2.91. The number of carbonyl (C=O) groups is 2. The van der Waals surface area contributed by atoms with Gasteiger partial charge in [0.05, 0.1) is 12.6 Å². The minimum Gasteiger partial charge on any atom is -0.508 e. The Morgan fingerprint density at radius 2 is 2.05 bits per heavy atom. The zero-order valence-corrected chi connectivity index (χ0v) is 11.4. The van der Waals surface area contributed by atoms with Crippen molar-refractivity contribution in [1.29, 1.82) is 0 Å². The molecule has 1 aromatic rings. The Labute approximate surface area is 121 Å². The first-order valence-electron chi connectivity index (χ1n) is 6.60. The van der Waals surface area contributed by atoms with Gasteiger partial charge in [0.25, 0.3) is 0 Å². The number of carboxylic acid groups (broad SMARTS) is 1. The Balaban J connectivity index is 1.99. The Morgan fingerprint density at radius 1 is 1.38 bits per heavy atom. The van der Waals surface area contributed by atoms with Crippen molar-refractivity contribution in [2.24, 2.45) is 5.73 Å². The van der Waals surface area contributed by atoms with E-state index in [1.165, 1.54) is 12.1 Å². The summed E-state index contributed by atoms with van der Waals surface area (Å²) in [6.45, 7) is 0.236. The number of hydrogen-bond donors (Lipinski definition) is 4. The van der Waals surface area contributed by atoms with Gasteiger partial charge in [0.15, 0.2) is 5.54 Å². The van der Waals surface area contributed by atoms with Crippen LogP contribution < -0.4 is 11.1 Å². The normalized spacial score (nSPS) is 22.7. The standard InChI is InChI=1S/C14H18N2O5/c15-11(7-9-1-3-10(17)4-2-9)12(18)16-14(13(19)20)5-6-21-8-14/h1-4,11,17H,5-8,15H2,(H,16,18)(H,19,20)/t11-,14?/m0/s1. The maximum absolute atomic E-state index is 12.1. The molecule has 1 amide bonds. The van der Waals surface area contributed by atoms with Crippen molar-refractivity contribution in [3.63, 3.8) is 0 Å². The van der Waals surface area contributed by atoms with E-state index >= 15 is 0 Å². The number of ether oxygens (including phenoxy) is 1. The fourth-order valence-corrected chi connectivity index (χ4v) is 2.19. The molecule has 5 N–H and O–H groups in total. The molecule has 0 aliphatic carbocycles. The summed E-state index contributed by atoms with van der Waals surface area (Å²) in [5.41, 5.74) is 5.21. The molecule has 0 saturated carbocycles. The highest BCUT2D eigenvalue weighted by atomic mass is 16.5. The molecule has 1 unspecified atom stereocenters. The number of carboxylic acids is 1. The van der Waals surface area contributed by atoms with Crippen molar-refractivity contribution in [2.75, 3.05) is 13.2 Å². The van der Waals surface area contributed by atoms with Gasteiger partial charge in [-0.2, -0.15) is 0 Å². The van der Waals surface area contributed by atoms with Crippen LogP contribution in [0.5, 0.6) is 5.75 Å². The van der Waals surface area contributed by atoms with Crippen LogP contribution in [-0.2, 0) is 20.7 Å². The number of benzene rings is 1. The summed E-state index contributed by atoms with van der Waals surface area (Å²) < 4.78 is 5.07. The molecule has 1 fully saturated rings. The fraction of sp³-hybridized carbons (Fsp3) is 0.429. The second-order valence-corrected chi connectivity index (χ2v) is 5.16. The number of nitrogens with two attached hydrogens (primary N) is 1. The van der Waals surface area contributed by atoms with Crippen LogP contribution in [0.15, 0.2) is 24.3 Å². The predicted molar refractivity (Wildman–Crippen MR) is 73.7 cm³/mol. The van der Waals surface area contributed by atoms with E-state index in [0.717, 1.165) is 5.56 Å². The monoisotopic (exact) mass is 294 g/mol. The lowest BCUT2D eigenvalue weighted by Crippen LogP contribution is -2.59. The molecule has 1 aliphatic rings. The summed E-state index contributed by atoms with van der Waals surface area (Å²) in [5, 5.41) is 20.9. The number of aromatic hydroxyl groups is 1. The Bertz CT molecular complexity index is 523. The number of phenols is 1. The van der Waals surface area contributed by atoms with Crippen LogP contribution in [-0.4, -0.2) is 46.9 Å². The number of phenolic OH excluding ortho intramolecular Hbond substituents is 1. The van der Waals surface area contributed by atoms with Crippen LogP contribution in [0.25, 0.3) is 0 Å². The van der Waals surface area contributed by atoms with Crippen LogP contribution in [0.4, 0.5) is 0 Å². The van der Waals surface area contributed by atoms with E-state index in [1.807, 2.05) is 0 Å². The van der Waals surface area contributed by atoms with Gasteiger partial charge in [0.1, 0.15) is 5.75 Å². The van der Waals surface area contributed by atoms with Crippen LogP contribution in [0.3, 0.4) is 0 Å². The SMILES string of the molecule is N[C@@H](Cc1ccc(O)cc1)C(=O)NC1(C(=O)O)CCOC1. The molecule has 0 spiro atoms. The second-order valence-electron chi connectivity index (χ2n) is 5.16. The topological polar surface area (TPSA) is 122 Å². The summed E-state index contributed by atoms with van der Waals surface area (Å²) in [7, 11) is 0. The molecular formula is C14H18N2O5. The summed E-state index contributed by atoms with van der Waals surface area (Å²) in [4.78, 5) is 23.4. The molecule has 114 valence electrons. The van der Waals surface area contributed by atoms with Crippen LogP contribution in [0.1, 0.15) is 12.0 Å². The lowest BCUT2D eigenvalue weighted by atomic mass is 9.97. The van der Waals surface area contributed by atoms with Crippen LogP contribution >= 0.6 is 0 Å². The third-order valence-corrected chi connectivity index (χ3v) is 3.52. The van der Waals surface area contributed by atoms with Gasteiger partial charge in [-0.05, 0) is 24.1 Å². The van der Waals surface area contributed by atoms with Crippen molar-refractivity contribution >= 4 is 11.9 Å². The van der Waals surface area contributed by atoms with Gasteiger partial charge in [0, 0.05) is 13.0 Å². The number of hydrogen-bond acceptors (Lipinski definition) is 5. The molecule has 2 rings (SSSR count). The molecule has 0 aromatic heterocycles. The summed E-state index contributed by atoms with van der Waals surface area (Å²) >= 11 is 0. The quantitative estimate of drug-likeness (QED) is 0.587. The zero-order valence-electron chi connectivity index (χ0n) is 11.4. The van der Waals surface area contributed by atoms with Gasteiger partial charge >= 0.3 is 5.97 Å². The first kappa shape index (κ1) is 15.3. The minimum atomic E-state index is -1.39. The molecule has 1 aromatic carbocycles. The number of carbonyl (C=O) groups excluding carboxylic acids is 1. The highest BCUT2D eigenvalue weighted by molar-refractivity contribution is 5.90. The van der Waals surface area contributed by atoms with Crippen molar-refractivity contribution in [2.45, 2.75) is 24.4 Å². The molecule has 7 heteroatoms. The number of amides is 1. The van der Waals surface area contributed by atoms with E-state index in [1.54, 1.807) is 12.1 Å². The van der Waals surface area contributed by atoms with Crippen LogP contribution in [0.2, 0.25) is 0 Å². The number of rotatable bonds is 5. The Kier molecular flexibility index (Phi) is 4.44. The fourth-order valence-electron chi connectivity index (χ4n) is 2.19. The molecule has 1 saturated heterocycles. The lowest BCUT2D eigenvalue weighted by Gasteiger charge is -2.25. The first-order valence-corrected chi connectivity index (χ1v) is 6.60. The predicted octanol–water partition coefficient (Wildman–Crippen LogP) is -0.378. The molecule has 1 aliphatic heterocycles. The second kappa shape index (κ2) is 6.11. The molecule has 21 heavy (non-hydrogen) atoms. The van der Waals surface area contributed by atoms with Crippen molar-refractivity contribution < 1.29 is 24.5 Å². The van der Waals surface area contributed by atoms with Gasteiger partial charge in [-0.3, -0.25) is 4.79 Å². The zero-order chi connectivity index (χ0) is 15.5. The molecule has 1 heterocycles. The van der Waals surface area contributed by atoms with Gasteiger partial charge in [-0.1, -0.05) is 12.1 Å². The molecule has 0 bridgehead atoms. The number of nitrogens with one attached hydrogen (secondary N) is 1. The molecule has 0 radical (unpaired) electrons. The van der Waals surface area contributed by atoms with Crippen LogP contribution in [0, 0.1) is 0 Å². The third-order valence-electron chi connectivity index (χ3n) is 3.52. The van der Waals surface area contributed by atoms with Crippen molar-refractivity contribution in [3.8, 4) is 5.75 Å². The van der Waals surface area contributed by atoms with Crippen molar-refractivity contribution in [3.05, 3.63) is 29.8 Å². The molecule has 7 nitrogen and oxygen atoms in total. The van der Waals surface area contributed by atoms with E-state index in [0.29, 0.717) is 6.61 Å². The Morgan fingerprint density at radius 3 is 2.57 bits per heavy atom. The molecular weight excluding hydrogens is 276 g/mol. The van der Waals surface area contributed by atoms with Gasteiger partial charge in [0.2, 0.25) is 5.91 Å². The highest BCUT2D eigenvalue weighted by Crippen LogP contribution is 2.19. The first-order chi connectivity index (χ1) is 9.93. The molecule has 2 atom stereocenters. The van der Waals surface area contributed by atoms with Gasteiger partial charge in [-0.25, -0.2) is 4.79 Å². The van der Waals surface area contributed by atoms with E-state index in [2.05, 4.69) is 5.32 Å². The summed E-state index contributed by atoms with van der Waals surface area (Å²) in [5.74, 6) is -1.52. The third kappa shape index (κ3) is 3.50. The maximum Gasteiger partial charge on any atom is 0.331 e. The Hall–Kier alpha value is -2.12. The smallest absolute Gasteiger partial charge is 0.331 e. The van der Waals surface area contributed by atoms with E-state index in [9.17, 15) is 19.8 Å². The number of aliphatic carboxylic acids is 1. The van der Waals surface area contributed by atoms with E-state index < -0.39 is 23.5 Å². The summed E-state index contributed by atoms with van der Waals surface area (Å²) in [6.07, 6.45) is 0.475. The van der Waals surface area contributed by atoms with E-state index in [4.69, 9.17) is 10.5 Å². The lowest BCUT2D eigenvalue weighted by molar-refractivity contribution is -0.147. The maximum atomic E-state index is 12.1. The van der Waals surface area contributed by atoms with E-state index in [-0.39, 0.29) is 25.2 Å².